The number of hydrogen-bond donors (Lipinski definition) is 0. The van der Waals surface area contributed by atoms with Gasteiger partial charge in [0, 0.05) is 44.0 Å². The number of carbonyl (C=O) groups excluding carboxylic acids is 1. The van der Waals surface area contributed by atoms with E-state index in [0.29, 0.717) is 6.54 Å². The van der Waals surface area contributed by atoms with Crippen molar-refractivity contribution in [3.63, 3.8) is 0 Å². The molecule has 1 amide bonds. The maximum absolute atomic E-state index is 13.4. The first-order chi connectivity index (χ1) is 15.7. The second-order valence-corrected chi connectivity index (χ2v) is 10.0. The third-order valence-electron chi connectivity index (χ3n) is 6.65. The monoisotopic (exact) mass is 448 g/mol. The van der Waals surface area contributed by atoms with E-state index in [-0.39, 0.29) is 29.2 Å². The summed E-state index contributed by atoms with van der Waals surface area (Å²) in [5.41, 5.74) is 2.85. The van der Waals surface area contributed by atoms with E-state index < -0.39 is 0 Å². The van der Waals surface area contributed by atoms with E-state index in [1.54, 1.807) is 0 Å². The molecule has 0 radical (unpaired) electrons. The summed E-state index contributed by atoms with van der Waals surface area (Å²) in [6.45, 7) is 11.8. The molecule has 1 aromatic heterocycles. The van der Waals surface area contributed by atoms with E-state index in [1.165, 1.54) is 12.1 Å². The van der Waals surface area contributed by atoms with Crippen molar-refractivity contribution < 1.29 is 9.18 Å². The highest BCUT2D eigenvalue weighted by Gasteiger charge is 2.38. The molecule has 0 spiro atoms. The average Bonchev–Trinajstić information content (AvgIpc) is 3.26. The molecule has 0 bridgehead atoms. The third kappa shape index (κ3) is 5.17. The van der Waals surface area contributed by atoms with Crippen LogP contribution in [0.15, 0.2) is 67.1 Å². The van der Waals surface area contributed by atoms with E-state index in [0.717, 1.165) is 36.5 Å². The van der Waals surface area contributed by atoms with Crippen LogP contribution >= 0.6 is 0 Å². The number of aromatic nitrogens is 2. The Morgan fingerprint density at radius 2 is 1.79 bits per heavy atom. The zero-order valence-corrected chi connectivity index (χ0v) is 19.9. The number of halogens is 1. The molecule has 0 N–H and O–H groups in total. The van der Waals surface area contributed by atoms with E-state index in [1.807, 2.05) is 59.9 Å². The lowest BCUT2D eigenvalue weighted by Gasteiger charge is -2.47. The Bertz CT molecular complexity index is 1070. The first-order valence-corrected chi connectivity index (χ1v) is 11.6. The Kier molecular flexibility index (Phi) is 6.66. The molecule has 2 atom stereocenters. The fourth-order valence-corrected chi connectivity index (χ4v) is 4.65. The molecule has 4 rings (SSSR count). The Hall–Kier alpha value is -2.99. The minimum absolute atomic E-state index is 0.0508. The number of benzene rings is 2. The summed E-state index contributed by atoms with van der Waals surface area (Å²) in [5, 5.41) is 0. The fourth-order valence-electron chi connectivity index (χ4n) is 4.65. The summed E-state index contributed by atoms with van der Waals surface area (Å²) in [4.78, 5) is 22.1. The SMILES string of the molecule is CC(c1ccc(F)cc1)n1cncc1CN1CCN(C(=O)c2ccccc2)C(C(C)(C)C)C1. The summed E-state index contributed by atoms with van der Waals surface area (Å²) in [6, 6.07) is 16.4. The van der Waals surface area contributed by atoms with Gasteiger partial charge in [-0.2, -0.15) is 0 Å². The van der Waals surface area contributed by atoms with Crippen molar-refractivity contribution in [1.29, 1.82) is 0 Å². The summed E-state index contributed by atoms with van der Waals surface area (Å²) >= 11 is 0. The zero-order valence-electron chi connectivity index (χ0n) is 19.9. The molecule has 1 fully saturated rings. The molecule has 5 nitrogen and oxygen atoms in total. The van der Waals surface area contributed by atoms with Gasteiger partial charge in [-0.1, -0.05) is 51.1 Å². The molecule has 2 aromatic carbocycles. The lowest BCUT2D eigenvalue weighted by molar-refractivity contribution is 0.0127. The quantitative estimate of drug-likeness (QED) is 0.551. The van der Waals surface area contributed by atoms with Crippen molar-refractivity contribution in [2.24, 2.45) is 5.41 Å². The predicted molar refractivity (Wildman–Crippen MR) is 128 cm³/mol. The molecule has 1 saturated heterocycles. The standard InChI is InChI=1S/C27H33FN4O/c1-20(21-10-12-23(28)13-11-21)32-19-29-16-24(32)17-30-14-15-31(25(18-30)27(2,3)4)26(33)22-8-6-5-7-9-22/h5-13,16,19-20,25H,14-15,17-18H2,1-4H3. The number of carbonyl (C=O) groups is 1. The van der Waals surface area contributed by atoms with Gasteiger partial charge in [0.2, 0.25) is 0 Å². The van der Waals surface area contributed by atoms with Crippen molar-refractivity contribution >= 4 is 5.91 Å². The van der Waals surface area contributed by atoms with Gasteiger partial charge in [-0.15, -0.1) is 0 Å². The molecule has 6 heteroatoms. The van der Waals surface area contributed by atoms with E-state index in [4.69, 9.17) is 0 Å². The maximum atomic E-state index is 13.4. The largest absolute Gasteiger partial charge is 0.333 e. The van der Waals surface area contributed by atoms with Crippen LogP contribution in [-0.2, 0) is 6.54 Å². The normalized spacial score (nSPS) is 18.3. The van der Waals surface area contributed by atoms with Crippen molar-refractivity contribution in [1.82, 2.24) is 19.4 Å². The second-order valence-electron chi connectivity index (χ2n) is 10.0. The minimum atomic E-state index is -0.229. The number of hydrogen-bond acceptors (Lipinski definition) is 3. The average molecular weight is 449 g/mol. The molecule has 2 heterocycles. The van der Waals surface area contributed by atoms with Gasteiger partial charge in [0.25, 0.3) is 5.91 Å². The van der Waals surface area contributed by atoms with Gasteiger partial charge in [-0.05, 0) is 42.2 Å². The van der Waals surface area contributed by atoms with Gasteiger partial charge < -0.3 is 9.47 Å². The van der Waals surface area contributed by atoms with Crippen LogP contribution in [-0.4, -0.2) is 50.9 Å². The number of rotatable bonds is 5. The summed E-state index contributed by atoms with van der Waals surface area (Å²) in [6.07, 6.45) is 3.76. The van der Waals surface area contributed by atoms with Gasteiger partial charge in [0.1, 0.15) is 5.82 Å². The van der Waals surface area contributed by atoms with Crippen molar-refractivity contribution in [2.75, 3.05) is 19.6 Å². The van der Waals surface area contributed by atoms with Crippen LogP contribution in [0.25, 0.3) is 0 Å². The number of amides is 1. The summed E-state index contributed by atoms with van der Waals surface area (Å²) < 4.78 is 15.5. The van der Waals surface area contributed by atoms with Crippen molar-refractivity contribution in [3.05, 3.63) is 89.8 Å². The van der Waals surface area contributed by atoms with Gasteiger partial charge in [-0.3, -0.25) is 9.69 Å². The lowest BCUT2D eigenvalue weighted by atomic mass is 9.83. The smallest absolute Gasteiger partial charge is 0.254 e. The highest BCUT2D eigenvalue weighted by atomic mass is 19.1. The van der Waals surface area contributed by atoms with E-state index in [9.17, 15) is 9.18 Å². The molecule has 2 unspecified atom stereocenters. The summed E-state index contributed by atoms with van der Waals surface area (Å²) in [5.74, 6) is -0.127. The number of nitrogens with zero attached hydrogens (tertiary/aromatic N) is 4. The predicted octanol–water partition coefficient (Wildman–Crippen LogP) is 5.00. The van der Waals surface area contributed by atoms with Crippen LogP contribution in [0.5, 0.6) is 0 Å². The topological polar surface area (TPSA) is 41.4 Å². The number of imidazole rings is 1. The molecule has 0 saturated carbocycles. The van der Waals surface area contributed by atoms with Crippen LogP contribution in [0.3, 0.4) is 0 Å². The molecule has 1 aliphatic heterocycles. The van der Waals surface area contributed by atoms with Gasteiger partial charge in [0.05, 0.1) is 18.1 Å². The van der Waals surface area contributed by atoms with Crippen molar-refractivity contribution in [2.45, 2.75) is 46.3 Å². The summed E-state index contributed by atoms with van der Waals surface area (Å²) in [7, 11) is 0. The van der Waals surface area contributed by atoms with Crippen LogP contribution in [0, 0.1) is 11.2 Å². The minimum Gasteiger partial charge on any atom is -0.333 e. The second kappa shape index (κ2) is 9.48. The number of piperazine rings is 1. The molecule has 174 valence electrons. The van der Waals surface area contributed by atoms with Gasteiger partial charge in [-0.25, -0.2) is 9.37 Å². The molecule has 1 aliphatic rings. The van der Waals surface area contributed by atoms with Crippen LogP contribution in [0.4, 0.5) is 4.39 Å². The molecule has 33 heavy (non-hydrogen) atoms. The Balaban J connectivity index is 1.50. The highest BCUT2D eigenvalue weighted by Crippen LogP contribution is 2.30. The maximum Gasteiger partial charge on any atom is 0.254 e. The van der Waals surface area contributed by atoms with Gasteiger partial charge >= 0.3 is 0 Å². The van der Waals surface area contributed by atoms with E-state index in [2.05, 4.69) is 42.1 Å². The molecule has 0 aliphatic carbocycles. The Morgan fingerprint density at radius 3 is 2.45 bits per heavy atom. The van der Waals surface area contributed by atoms with Crippen LogP contribution in [0.2, 0.25) is 0 Å². The zero-order chi connectivity index (χ0) is 23.6. The Labute approximate surface area is 195 Å². The first-order valence-electron chi connectivity index (χ1n) is 11.6. The first kappa shape index (κ1) is 23.2. The molecular weight excluding hydrogens is 415 g/mol. The van der Waals surface area contributed by atoms with Crippen LogP contribution in [0.1, 0.15) is 55.4 Å². The van der Waals surface area contributed by atoms with E-state index >= 15 is 0 Å². The lowest BCUT2D eigenvalue weighted by Crippen LogP contribution is -2.59. The molecule has 3 aromatic rings. The molecular formula is C27H33FN4O. The highest BCUT2D eigenvalue weighted by molar-refractivity contribution is 5.94. The van der Waals surface area contributed by atoms with Crippen LogP contribution < -0.4 is 0 Å². The van der Waals surface area contributed by atoms with Crippen molar-refractivity contribution in [3.8, 4) is 0 Å². The van der Waals surface area contributed by atoms with Gasteiger partial charge in [0.15, 0.2) is 0 Å². The third-order valence-corrected chi connectivity index (χ3v) is 6.65. The fraction of sp³-hybridized carbons (Fsp3) is 0.407. The Morgan fingerprint density at radius 1 is 1.09 bits per heavy atom.